The van der Waals surface area contributed by atoms with Gasteiger partial charge in [0.15, 0.2) is 0 Å². The number of esters is 1. The molecule has 1 N–H and O–H groups in total. The molecular formula is C16H18FN3O3. The number of rotatable bonds is 5. The van der Waals surface area contributed by atoms with E-state index < -0.39 is 17.9 Å². The number of hydrogen-bond donors (Lipinski definition) is 1. The van der Waals surface area contributed by atoms with E-state index in [9.17, 15) is 14.0 Å². The number of methoxy groups -OCH3 is 1. The molecule has 1 amide bonds. The maximum absolute atomic E-state index is 13.0. The molecule has 1 aromatic carbocycles. The summed E-state index contributed by atoms with van der Waals surface area (Å²) in [5.41, 5.74) is 1.70. The van der Waals surface area contributed by atoms with E-state index >= 15 is 0 Å². The van der Waals surface area contributed by atoms with Crippen molar-refractivity contribution in [2.75, 3.05) is 7.11 Å². The van der Waals surface area contributed by atoms with Crippen LogP contribution in [0.1, 0.15) is 29.9 Å². The van der Waals surface area contributed by atoms with E-state index in [1.54, 1.807) is 23.7 Å². The second-order valence-corrected chi connectivity index (χ2v) is 4.97. The van der Waals surface area contributed by atoms with Gasteiger partial charge in [-0.2, -0.15) is 5.10 Å². The van der Waals surface area contributed by atoms with Gasteiger partial charge in [0.1, 0.15) is 11.9 Å². The minimum absolute atomic E-state index is 0.344. The first-order valence-corrected chi connectivity index (χ1v) is 7.19. The van der Waals surface area contributed by atoms with E-state index in [1.165, 1.54) is 25.4 Å². The predicted molar refractivity (Wildman–Crippen MR) is 81.8 cm³/mol. The average molecular weight is 319 g/mol. The molecule has 1 atom stereocenters. The van der Waals surface area contributed by atoms with E-state index in [0.29, 0.717) is 23.4 Å². The summed E-state index contributed by atoms with van der Waals surface area (Å²) in [5, 5.41) is 6.77. The van der Waals surface area contributed by atoms with Crippen LogP contribution in [0.5, 0.6) is 0 Å². The molecule has 1 heterocycles. The second kappa shape index (κ2) is 7.04. The Balaban J connectivity index is 2.29. The first-order valence-electron chi connectivity index (χ1n) is 7.19. The topological polar surface area (TPSA) is 73.2 Å². The minimum atomic E-state index is -0.758. The van der Waals surface area contributed by atoms with Crippen molar-refractivity contribution in [3.8, 4) is 5.69 Å². The van der Waals surface area contributed by atoms with Gasteiger partial charge in [0.2, 0.25) is 0 Å². The molecule has 0 saturated carbocycles. The quantitative estimate of drug-likeness (QED) is 0.854. The van der Waals surface area contributed by atoms with E-state index in [4.69, 9.17) is 0 Å². The van der Waals surface area contributed by atoms with Gasteiger partial charge in [0.05, 0.1) is 30.3 Å². The van der Waals surface area contributed by atoms with Crippen LogP contribution < -0.4 is 5.32 Å². The van der Waals surface area contributed by atoms with Crippen LogP contribution in [0.4, 0.5) is 4.39 Å². The zero-order chi connectivity index (χ0) is 17.0. The molecular weight excluding hydrogens is 301 g/mol. The van der Waals surface area contributed by atoms with Crippen molar-refractivity contribution in [1.82, 2.24) is 15.1 Å². The predicted octanol–water partition coefficient (Wildman–Crippen LogP) is 1.87. The van der Waals surface area contributed by atoms with Crippen LogP contribution in [-0.4, -0.2) is 34.8 Å². The lowest BCUT2D eigenvalue weighted by Gasteiger charge is -2.12. The molecule has 2 rings (SSSR count). The highest BCUT2D eigenvalue weighted by atomic mass is 19.1. The highest BCUT2D eigenvalue weighted by Crippen LogP contribution is 2.16. The highest BCUT2D eigenvalue weighted by Gasteiger charge is 2.21. The summed E-state index contributed by atoms with van der Waals surface area (Å²) >= 11 is 0. The molecule has 122 valence electrons. The third-order valence-electron chi connectivity index (χ3n) is 3.42. The Morgan fingerprint density at radius 2 is 2.00 bits per heavy atom. The lowest BCUT2D eigenvalue weighted by atomic mass is 10.1. The Morgan fingerprint density at radius 1 is 1.35 bits per heavy atom. The van der Waals surface area contributed by atoms with Crippen molar-refractivity contribution >= 4 is 11.9 Å². The van der Waals surface area contributed by atoms with Gasteiger partial charge in [0.25, 0.3) is 5.91 Å². The van der Waals surface area contributed by atoms with Gasteiger partial charge in [0, 0.05) is 0 Å². The highest BCUT2D eigenvalue weighted by molar-refractivity contribution is 5.97. The van der Waals surface area contributed by atoms with Crippen molar-refractivity contribution in [1.29, 1.82) is 0 Å². The summed E-state index contributed by atoms with van der Waals surface area (Å²) in [4.78, 5) is 23.7. The van der Waals surface area contributed by atoms with Gasteiger partial charge in [-0.3, -0.25) is 4.79 Å². The molecule has 6 nitrogen and oxygen atoms in total. The molecule has 0 radical (unpaired) electrons. The van der Waals surface area contributed by atoms with Gasteiger partial charge >= 0.3 is 5.97 Å². The number of nitrogens with zero attached hydrogens (tertiary/aromatic N) is 2. The summed E-state index contributed by atoms with van der Waals surface area (Å²) in [7, 11) is 1.26. The van der Waals surface area contributed by atoms with Gasteiger partial charge in [-0.05, 0) is 37.6 Å². The molecule has 1 aromatic heterocycles. The second-order valence-electron chi connectivity index (χ2n) is 4.97. The normalized spacial score (nSPS) is 11.8. The Morgan fingerprint density at radius 3 is 2.57 bits per heavy atom. The summed E-state index contributed by atoms with van der Waals surface area (Å²) in [6, 6.07) is 5.07. The Bertz CT molecular complexity index is 710. The fraction of sp³-hybridized carbons (Fsp3) is 0.312. The Labute approximate surface area is 133 Å². The first kappa shape index (κ1) is 16.7. The summed E-state index contributed by atoms with van der Waals surface area (Å²) in [6.07, 6.45) is 1.98. The largest absolute Gasteiger partial charge is 0.467 e. The number of benzene rings is 1. The van der Waals surface area contributed by atoms with Crippen molar-refractivity contribution in [3.05, 3.63) is 47.5 Å². The van der Waals surface area contributed by atoms with Gasteiger partial charge in [-0.1, -0.05) is 6.92 Å². The zero-order valence-electron chi connectivity index (χ0n) is 13.2. The molecule has 23 heavy (non-hydrogen) atoms. The minimum Gasteiger partial charge on any atom is -0.467 e. The maximum Gasteiger partial charge on any atom is 0.328 e. The van der Waals surface area contributed by atoms with Crippen molar-refractivity contribution in [2.24, 2.45) is 0 Å². The molecule has 0 bridgehead atoms. The molecule has 0 aliphatic rings. The Hall–Kier alpha value is -2.70. The van der Waals surface area contributed by atoms with Crippen LogP contribution in [0.25, 0.3) is 5.69 Å². The van der Waals surface area contributed by atoms with Crippen LogP contribution in [0.15, 0.2) is 30.5 Å². The molecule has 0 aliphatic carbocycles. The zero-order valence-corrected chi connectivity index (χ0v) is 13.2. The van der Waals surface area contributed by atoms with Crippen LogP contribution in [-0.2, 0) is 16.0 Å². The fourth-order valence-corrected chi connectivity index (χ4v) is 2.22. The number of nitrogens with one attached hydrogen (secondary N) is 1. The molecule has 2 aromatic rings. The average Bonchev–Trinajstić information content (AvgIpc) is 2.98. The number of halogens is 1. The fourth-order valence-electron chi connectivity index (χ4n) is 2.22. The third-order valence-corrected chi connectivity index (χ3v) is 3.42. The van der Waals surface area contributed by atoms with Crippen molar-refractivity contribution < 1.29 is 18.7 Å². The monoisotopic (exact) mass is 319 g/mol. The molecule has 0 spiro atoms. The van der Waals surface area contributed by atoms with Crippen LogP contribution in [0.3, 0.4) is 0 Å². The number of carbonyl (C=O) groups excluding carboxylic acids is 2. The molecule has 7 heteroatoms. The number of amides is 1. The van der Waals surface area contributed by atoms with Gasteiger partial charge in [-0.15, -0.1) is 0 Å². The van der Waals surface area contributed by atoms with Crippen molar-refractivity contribution in [3.63, 3.8) is 0 Å². The number of aromatic nitrogens is 2. The van der Waals surface area contributed by atoms with Gasteiger partial charge < -0.3 is 10.1 Å². The Kier molecular flexibility index (Phi) is 5.10. The van der Waals surface area contributed by atoms with E-state index in [-0.39, 0.29) is 5.82 Å². The molecule has 0 fully saturated rings. The molecule has 0 unspecified atom stereocenters. The number of hydrogen-bond acceptors (Lipinski definition) is 4. The van der Waals surface area contributed by atoms with Crippen LogP contribution in [0, 0.1) is 5.82 Å². The molecule has 0 saturated heterocycles. The SMILES string of the molecule is CCc1c(C(=O)N[C@@H](C)C(=O)OC)cnn1-c1ccc(F)cc1. The summed E-state index contributed by atoms with van der Waals surface area (Å²) < 4.78 is 19.2. The van der Waals surface area contributed by atoms with E-state index in [1.807, 2.05) is 6.92 Å². The van der Waals surface area contributed by atoms with Crippen LogP contribution in [0.2, 0.25) is 0 Å². The summed E-state index contributed by atoms with van der Waals surface area (Å²) in [6.45, 7) is 3.43. The lowest BCUT2D eigenvalue weighted by Crippen LogP contribution is -2.39. The van der Waals surface area contributed by atoms with E-state index in [0.717, 1.165) is 0 Å². The molecule has 0 aliphatic heterocycles. The first-order chi connectivity index (χ1) is 11.0. The maximum atomic E-state index is 13.0. The standard InChI is InChI=1S/C16H18FN3O3/c1-4-14-13(15(21)19-10(2)16(22)23-3)9-18-20(14)12-7-5-11(17)6-8-12/h5-10H,4H2,1-3H3,(H,19,21)/t10-/m0/s1. The van der Waals surface area contributed by atoms with Crippen molar-refractivity contribution in [2.45, 2.75) is 26.3 Å². The van der Waals surface area contributed by atoms with Gasteiger partial charge in [-0.25, -0.2) is 13.9 Å². The number of ether oxygens (including phenoxy) is 1. The lowest BCUT2D eigenvalue weighted by molar-refractivity contribution is -0.142. The summed E-state index contributed by atoms with van der Waals surface area (Å²) in [5.74, 6) is -1.28. The van der Waals surface area contributed by atoms with E-state index in [2.05, 4.69) is 15.2 Å². The third kappa shape index (κ3) is 3.56. The van der Waals surface area contributed by atoms with Crippen LogP contribution >= 0.6 is 0 Å². The smallest absolute Gasteiger partial charge is 0.328 e. The number of carbonyl (C=O) groups is 2.